The Balaban J connectivity index is 3.17. The molecule has 1 unspecified atom stereocenters. The summed E-state index contributed by atoms with van der Waals surface area (Å²) in [5, 5.41) is 3.83. The molecule has 1 aromatic rings. The van der Waals surface area contributed by atoms with Gasteiger partial charge in [0.05, 0.1) is 25.3 Å². The molecule has 0 spiro atoms. The molecule has 0 aliphatic carbocycles. The fourth-order valence-corrected chi connectivity index (χ4v) is 1.97. The van der Waals surface area contributed by atoms with E-state index in [-0.39, 0.29) is 6.04 Å². The monoisotopic (exact) mass is 255 g/mol. The Bertz CT molecular complexity index is 393. The van der Waals surface area contributed by atoms with Crippen LogP contribution >= 0.6 is 11.6 Å². The summed E-state index contributed by atoms with van der Waals surface area (Å²) >= 11 is 6.15. The number of rotatable bonds is 6. The molecule has 3 nitrogen and oxygen atoms in total. The molecular formula is C13H18ClNO2. The number of ether oxygens (including phenoxy) is 2. The predicted molar refractivity (Wildman–Crippen MR) is 71.2 cm³/mol. The first-order valence-corrected chi connectivity index (χ1v) is 5.83. The van der Waals surface area contributed by atoms with Gasteiger partial charge >= 0.3 is 0 Å². The first-order chi connectivity index (χ1) is 8.17. The normalized spacial score (nSPS) is 12.0. The van der Waals surface area contributed by atoms with Crippen LogP contribution in [-0.4, -0.2) is 20.8 Å². The highest BCUT2D eigenvalue weighted by molar-refractivity contribution is 6.32. The van der Waals surface area contributed by atoms with Gasteiger partial charge in [0.2, 0.25) is 0 Å². The van der Waals surface area contributed by atoms with Crippen molar-refractivity contribution in [2.45, 2.75) is 13.0 Å². The van der Waals surface area contributed by atoms with Crippen LogP contribution in [0.3, 0.4) is 0 Å². The van der Waals surface area contributed by atoms with Crippen molar-refractivity contribution in [3.63, 3.8) is 0 Å². The number of methoxy groups -OCH3 is 2. The van der Waals surface area contributed by atoms with Gasteiger partial charge in [-0.2, -0.15) is 0 Å². The van der Waals surface area contributed by atoms with E-state index in [1.165, 1.54) is 0 Å². The summed E-state index contributed by atoms with van der Waals surface area (Å²) in [6.07, 6.45) is 1.83. The van der Waals surface area contributed by atoms with E-state index in [0.29, 0.717) is 16.5 Å². The van der Waals surface area contributed by atoms with Gasteiger partial charge in [-0.3, -0.25) is 0 Å². The first kappa shape index (κ1) is 13.9. The third-order valence-electron chi connectivity index (χ3n) is 2.47. The van der Waals surface area contributed by atoms with Crippen molar-refractivity contribution in [1.82, 2.24) is 5.32 Å². The van der Waals surface area contributed by atoms with E-state index in [9.17, 15) is 0 Å². The lowest BCUT2D eigenvalue weighted by molar-refractivity contribution is 0.354. The zero-order chi connectivity index (χ0) is 12.8. The van der Waals surface area contributed by atoms with Gasteiger partial charge in [-0.05, 0) is 24.2 Å². The van der Waals surface area contributed by atoms with Crippen LogP contribution in [0, 0.1) is 0 Å². The minimum Gasteiger partial charge on any atom is -0.493 e. The third kappa shape index (κ3) is 3.14. The Hall–Kier alpha value is -1.19. The largest absolute Gasteiger partial charge is 0.493 e. The van der Waals surface area contributed by atoms with E-state index < -0.39 is 0 Å². The fourth-order valence-electron chi connectivity index (χ4n) is 1.67. The highest BCUT2D eigenvalue weighted by Crippen LogP contribution is 2.37. The molecule has 1 aromatic carbocycles. The second-order valence-electron chi connectivity index (χ2n) is 3.51. The van der Waals surface area contributed by atoms with E-state index in [4.69, 9.17) is 21.1 Å². The zero-order valence-corrected chi connectivity index (χ0v) is 11.2. The van der Waals surface area contributed by atoms with Crippen LogP contribution in [0.2, 0.25) is 5.02 Å². The molecule has 94 valence electrons. The molecule has 1 atom stereocenters. The summed E-state index contributed by atoms with van der Waals surface area (Å²) < 4.78 is 10.5. The summed E-state index contributed by atoms with van der Waals surface area (Å²) in [5.74, 6) is 1.18. The third-order valence-corrected chi connectivity index (χ3v) is 2.76. The molecule has 0 amide bonds. The van der Waals surface area contributed by atoms with Gasteiger partial charge in [0.1, 0.15) is 0 Å². The number of halogens is 1. The van der Waals surface area contributed by atoms with Crippen molar-refractivity contribution in [2.24, 2.45) is 0 Å². The summed E-state index contributed by atoms with van der Waals surface area (Å²) in [4.78, 5) is 0. The molecule has 0 aliphatic heterocycles. The van der Waals surface area contributed by atoms with Crippen LogP contribution in [0.4, 0.5) is 0 Å². The molecule has 0 aromatic heterocycles. The first-order valence-electron chi connectivity index (χ1n) is 5.45. The van der Waals surface area contributed by atoms with Crippen molar-refractivity contribution in [3.05, 3.63) is 35.4 Å². The van der Waals surface area contributed by atoms with Crippen LogP contribution in [-0.2, 0) is 0 Å². The maximum absolute atomic E-state index is 6.15. The molecule has 1 rings (SSSR count). The van der Waals surface area contributed by atoms with Crippen molar-refractivity contribution in [1.29, 1.82) is 0 Å². The van der Waals surface area contributed by atoms with E-state index in [2.05, 4.69) is 11.9 Å². The minimum atomic E-state index is 0.0531. The average Bonchev–Trinajstić information content (AvgIpc) is 2.34. The molecule has 0 saturated carbocycles. The second-order valence-corrected chi connectivity index (χ2v) is 3.92. The van der Waals surface area contributed by atoms with Crippen LogP contribution < -0.4 is 14.8 Å². The molecule has 1 N–H and O–H groups in total. The van der Waals surface area contributed by atoms with Gasteiger partial charge < -0.3 is 14.8 Å². The average molecular weight is 256 g/mol. The number of benzene rings is 1. The van der Waals surface area contributed by atoms with Crippen molar-refractivity contribution < 1.29 is 9.47 Å². The fraction of sp³-hybridized carbons (Fsp3) is 0.385. The van der Waals surface area contributed by atoms with Gasteiger partial charge in [0.15, 0.2) is 11.5 Å². The van der Waals surface area contributed by atoms with Crippen LogP contribution in [0.25, 0.3) is 0 Å². The molecule has 0 radical (unpaired) electrons. The number of hydrogen-bond acceptors (Lipinski definition) is 3. The van der Waals surface area contributed by atoms with Crippen molar-refractivity contribution >= 4 is 11.6 Å². The quantitative estimate of drug-likeness (QED) is 0.792. The number of hydrogen-bond donors (Lipinski definition) is 1. The topological polar surface area (TPSA) is 30.5 Å². The molecule has 4 heteroatoms. The van der Waals surface area contributed by atoms with Gasteiger partial charge in [-0.25, -0.2) is 0 Å². The Labute approximate surface area is 107 Å². The van der Waals surface area contributed by atoms with Crippen molar-refractivity contribution in [3.8, 4) is 11.5 Å². The van der Waals surface area contributed by atoms with E-state index in [1.807, 2.05) is 25.1 Å². The molecule has 0 saturated heterocycles. The predicted octanol–water partition coefficient (Wildman–Crippen LogP) is 3.19. The Morgan fingerprint density at radius 3 is 2.59 bits per heavy atom. The molecule has 0 aliphatic rings. The molecule has 0 fully saturated rings. The lowest BCUT2D eigenvalue weighted by atomic mass is 10.1. The standard InChI is InChI=1S/C13H18ClNO2/c1-5-11(15-6-2)9-7-10(14)13(17-4)12(8-9)16-3/h5,7-8,11,15H,1,6H2,2-4H3. The maximum Gasteiger partial charge on any atom is 0.179 e. The highest BCUT2D eigenvalue weighted by atomic mass is 35.5. The SMILES string of the molecule is C=CC(NCC)c1cc(Cl)c(OC)c(OC)c1. The van der Waals surface area contributed by atoms with Crippen LogP contribution in [0.15, 0.2) is 24.8 Å². The Kier molecular flexibility index (Phi) is 5.32. The lowest BCUT2D eigenvalue weighted by Gasteiger charge is -2.17. The minimum absolute atomic E-state index is 0.0531. The summed E-state index contributed by atoms with van der Waals surface area (Å²) in [5.41, 5.74) is 1.00. The number of nitrogens with one attached hydrogen (secondary N) is 1. The second kappa shape index (κ2) is 6.52. The zero-order valence-electron chi connectivity index (χ0n) is 10.4. The van der Waals surface area contributed by atoms with Gasteiger partial charge in [-0.15, -0.1) is 6.58 Å². The molecule has 17 heavy (non-hydrogen) atoms. The maximum atomic E-state index is 6.15. The van der Waals surface area contributed by atoms with E-state index >= 15 is 0 Å². The molecule has 0 bridgehead atoms. The lowest BCUT2D eigenvalue weighted by Crippen LogP contribution is -2.18. The van der Waals surface area contributed by atoms with Gasteiger partial charge in [0, 0.05) is 0 Å². The Morgan fingerprint density at radius 2 is 2.12 bits per heavy atom. The smallest absolute Gasteiger partial charge is 0.179 e. The van der Waals surface area contributed by atoms with Crippen LogP contribution in [0.5, 0.6) is 11.5 Å². The summed E-state index contributed by atoms with van der Waals surface area (Å²) in [6, 6.07) is 3.81. The van der Waals surface area contributed by atoms with E-state index in [1.54, 1.807) is 14.2 Å². The molecular weight excluding hydrogens is 238 g/mol. The number of likely N-dealkylation sites (N-methyl/N-ethyl adjacent to an activating group) is 1. The highest BCUT2D eigenvalue weighted by Gasteiger charge is 2.14. The summed E-state index contributed by atoms with van der Waals surface area (Å²) in [6.45, 7) is 6.70. The Morgan fingerprint density at radius 1 is 1.41 bits per heavy atom. The van der Waals surface area contributed by atoms with Gasteiger partial charge in [0.25, 0.3) is 0 Å². The van der Waals surface area contributed by atoms with Gasteiger partial charge in [-0.1, -0.05) is 24.6 Å². The van der Waals surface area contributed by atoms with Crippen molar-refractivity contribution in [2.75, 3.05) is 20.8 Å². The summed E-state index contributed by atoms with van der Waals surface area (Å²) in [7, 11) is 3.16. The molecule has 0 heterocycles. The van der Waals surface area contributed by atoms with E-state index in [0.717, 1.165) is 12.1 Å². The van der Waals surface area contributed by atoms with Crippen LogP contribution in [0.1, 0.15) is 18.5 Å².